The highest BCUT2D eigenvalue weighted by Gasteiger charge is 2.46. The molecule has 20 heavy (non-hydrogen) atoms. The maximum absolute atomic E-state index is 12.7. The van der Waals surface area contributed by atoms with Crippen molar-refractivity contribution >= 4 is 11.8 Å². The molecule has 0 bridgehead atoms. The first kappa shape index (κ1) is 15.3. The molecule has 0 aromatic heterocycles. The summed E-state index contributed by atoms with van der Waals surface area (Å²) in [6.45, 7) is 7.00. The van der Waals surface area contributed by atoms with Crippen LogP contribution in [0.5, 0.6) is 0 Å². The minimum atomic E-state index is -0.766. The summed E-state index contributed by atoms with van der Waals surface area (Å²) in [5, 5.41) is 2.89. The van der Waals surface area contributed by atoms with E-state index < -0.39 is 5.54 Å². The molecule has 1 N–H and O–H groups in total. The van der Waals surface area contributed by atoms with Crippen molar-refractivity contribution in [3.8, 4) is 0 Å². The molecule has 0 radical (unpaired) electrons. The van der Waals surface area contributed by atoms with Gasteiger partial charge < -0.3 is 15.0 Å². The van der Waals surface area contributed by atoms with Gasteiger partial charge in [-0.1, -0.05) is 13.8 Å². The SMILES string of the molecule is CCC1C(=O)NC(C)(CC)C(=O)N1CC1CCCCO1. The van der Waals surface area contributed by atoms with Crippen LogP contribution in [0.4, 0.5) is 0 Å². The molecule has 2 aliphatic heterocycles. The maximum Gasteiger partial charge on any atom is 0.248 e. The predicted molar refractivity (Wildman–Crippen MR) is 76.2 cm³/mol. The first-order chi connectivity index (χ1) is 9.51. The lowest BCUT2D eigenvalue weighted by atomic mass is 9.90. The molecule has 5 heteroatoms. The van der Waals surface area contributed by atoms with Crippen LogP contribution in [-0.4, -0.2) is 47.6 Å². The van der Waals surface area contributed by atoms with Crippen LogP contribution in [0.15, 0.2) is 0 Å². The zero-order valence-corrected chi connectivity index (χ0v) is 12.8. The average Bonchev–Trinajstić information content (AvgIpc) is 2.46. The highest BCUT2D eigenvalue weighted by atomic mass is 16.5. The van der Waals surface area contributed by atoms with E-state index in [1.54, 1.807) is 4.90 Å². The zero-order chi connectivity index (χ0) is 14.8. The Labute approximate surface area is 121 Å². The van der Waals surface area contributed by atoms with Gasteiger partial charge in [0.1, 0.15) is 11.6 Å². The monoisotopic (exact) mass is 282 g/mol. The largest absolute Gasteiger partial charge is 0.376 e. The Morgan fingerprint density at radius 3 is 2.65 bits per heavy atom. The Balaban J connectivity index is 2.15. The Bertz CT molecular complexity index is 379. The van der Waals surface area contributed by atoms with Gasteiger partial charge in [0, 0.05) is 13.2 Å². The van der Waals surface area contributed by atoms with Crippen molar-refractivity contribution in [3.63, 3.8) is 0 Å². The second kappa shape index (κ2) is 6.12. The van der Waals surface area contributed by atoms with Crippen LogP contribution in [-0.2, 0) is 14.3 Å². The fourth-order valence-electron chi connectivity index (χ4n) is 3.04. The number of ether oxygens (including phenoxy) is 1. The number of nitrogens with one attached hydrogen (secondary N) is 1. The van der Waals surface area contributed by atoms with Crippen LogP contribution in [0.1, 0.15) is 52.9 Å². The molecule has 2 amide bonds. The number of hydrogen-bond acceptors (Lipinski definition) is 3. The second-order valence-corrected chi connectivity index (χ2v) is 6.05. The van der Waals surface area contributed by atoms with E-state index in [0.29, 0.717) is 19.4 Å². The summed E-state index contributed by atoms with van der Waals surface area (Å²) in [6, 6.07) is -0.354. The smallest absolute Gasteiger partial charge is 0.248 e. The molecular weight excluding hydrogens is 256 g/mol. The maximum atomic E-state index is 12.7. The normalized spacial score (nSPS) is 35.0. The lowest BCUT2D eigenvalue weighted by molar-refractivity contribution is -0.157. The van der Waals surface area contributed by atoms with Gasteiger partial charge in [0.15, 0.2) is 0 Å². The van der Waals surface area contributed by atoms with Crippen LogP contribution >= 0.6 is 0 Å². The fraction of sp³-hybridized carbons (Fsp3) is 0.867. The van der Waals surface area contributed by atoms with E-state index in [1.165, 1.54) is 0 Å². The number of amides is 2. The molecule has 3 atom stereocenters. The molecule has 2 rings (SSSR count). The van der Waals surface area contributed by atoms with Crippen molar-refractivity contribution in [1.29, 1.82) is 0 Å². The van der Waals surface area contributed by atoms with Gasteiger partial charge in [-0.25, -0.2) is 0 Å². The lowest BCUT2D eigenvalue weighted by Crippen LogP contribution is -2.69. The minimum Gasteiger partial charge on any atom is -0.376 e. The van der Waals surface area contributed by atoms with Gasteiger partial charge in [0.2, 0.25) is 11.8 Å². The molecule has 0 saturated carbocycles. The quantitative estimate of drug-likeness (QED) is 0.849. The summed E-state index contributed by atoms with van der Waals surface area (Å²) in [7, 11) is 0. The number of nitrogens with zero attached hydrogens (tertiary/aromatic N) is 1. The van der Waals surface area contributed by atoms with E-state index >= 15 is 0 Å². The lowest BCUT2D eigenvalue weighted by Gasteiger charge is -2.45. The first-order valence-corrected chi connectivity index (χ1v) is 7.76. The van der Waals surface area contributed by atoms with Gasteiger partial charge in [-0.05, 0) is 39.0 Å². The third-order valence-electron chi connectivity index (χ3n) is 4.58. The molecule has 0 aromatic rings. The van der Waals surface area contributed by atoms with Crippen LogP contribution in [0.2, 0.25) is 0 Å². The summed E-state index contributed by atoms with van der Waals surface area (Å²) < 4.78 is 5.73. The van der Waals surface area contributed by atoms with Crippen molar-refractivity contribution in [2.24, 2.45) is 0 Å². The van der Waals surface area contributed by atoms with E-state index in [-0.39, 0.29) is 24.0 Å². The number of piperazine rings is 1. The van der Waals surface area contributed by atoms with Crippen molar-refractivity contribution in [1.82, 2.24) is 10.2 Å². The van der Waals surface area contributed by atoms with E-state index in [0.717, 1.165) is 25.9 Å². The summed E-state index contributed by atoms with van der Waals surface area (Å²) in [5.41, 5.74) is -0.766. The number of hydrogen-bond donors (Lipinski definition) is 1. The summed E-state index contributed by atoms with van der Waals surface area (Å²) in [5.74, 6) is -0.00659. The van der Waals surface area contributed by atoms with Crippen molar-refractivity contribution in [3.05, 3.63) is 0 Å². The molecule has 5 nitrogen and oxygen atoms in total. The number of carbonyl (C=O) groups is 2. The Morgan fingerprint density at radius 1 is 1.35 bits per heavy atom. The number of rotatable bonds is 4. The van der Waals surface area contributed by atoms with Gasteiger partial charge >= 0.3 is 0 Å². The second-order valence-electron chi connectivity index (χ2n) is 6.05. The highest BCUT2D eigenvalue weighted by Crippen LogP contribution is 2.25. The van der Waals surface area contributed by atoms with Gasteiger partial charge in [-0.15, -0.1) is 0 Å². The van der Waals surface area contributed by atoms with Crippen molar-refractivity contribution in [2.45, 2.75) is 70.6 Å². The first-order valence-electron chi connectivity index (χ1n) is 7.76. The molecule has 0 aliphatic carbocycles. The standard InChI is InChI=1S/C15H26N2O3/c1-4-12-13(18)16-15(3,5-2)14(19)17(12)10-11-8-6-7-9-20-11/h11-12H,4-10H2,1-3H3,(H,16,18). The molecule has 2 heterocycles. The van der Waals surface area contributed by atoms with Gasteiger partial charge in [-0.3, -0.25) is 9.59 Å². The van der Waals surface area contributed by atoms with Crippen LogP contribution in [0.3, 0.4) is 0 Å². The topological polar surface area (TPSA) is 58.6 Å². The Hall–Kier alpha value is -1.10. The summed E-state index contributed by atoms with van der Waals surface area (Å²) in [4.78, 5) is 26.7. The molecule has 2 aliphatic rings. The summed E-state index contributed by atoms with van der Waals surface area (Å²) >= 11 is 0. The van der Waals surface area contributed by atoms with E-state index in [2.05, 4.69) is 5.32 Å². The van der Waals surface area contributed by atoms with Crippen LogP contribution < -0.4 is 5.32 Å². The molecule has 2 saturated heterocycles. The number of carbonyl (C=O) groups excluding carboxylic acids is 2. The van der Waals surface area contributed by atoms with Crippen LogP contribution in [0, 0.1) is 0 Å². The van der Waals surface area contributed by atoms with Crippen LogP contribution in [0.25, 0.3) is 0 Å². The molecule has 2 fully saturated rings. The predicted octanol–water partition coefficient (Wildman–Crippen LogP) is 1.46. The van der Waals surface area contributed by atoms with Crippen molar-refractivity contribution < 1.29 is 14.3 Å². The van der Waals surface area contributed by atoms with Gasteiger partial charge in [-0.2, -0.15) is 0 Å². The minimum absolute atomic E-state index is 0.0284. The van der Waals surface area contributed by atoms with Gasteiger partial charge in [0.05, 0.1) is 6.10 Å². The van der Waals surface area contributed by atoms with Crippen molar-refractivity contribution in [2.75, 3.05) is 13.2 Å². The Morgan fingerprint density at radius 2 is 2.10 bits per heavy atom. The van der Waals surface area contributed by atoms with E-state index in [4.69, 9.17) is 4.74 Å². The molecule has 114 valence electrons. The molecule has 0 spiro atoms. The molecule has 0 aromatic carbocycles. The third kappa shape index (κ3) is 2.82. The zero-order valence-electron chi connectivity index (χ0n) is 12.8. The van der Waals surface area contributed by atoms with E-state index in [1.807, 2.05) is 20.8 Å². The Kier molecular flexibility index (Phi) is 4.68. The summed E-state index contributed by atoms with van der Waals surface area (Å²) in [6.07, 6.45) is 4.54. The molecule has 3 unspecified atom stereocenters. The van der Waals surface area contributed by atoms with E-state index in [9.17, 15) is 9.59 Å². The van der Waals surface area contributed by atoms with Gasteiger partial charge in [0.25, 0.3) is 0 Å². The fourth-order valence-corrected chi connectivity index (χ4v) is 3.04. The molecular formula is C15H26N2O3. The average molecular weight is 282 g/mol. The third-order valence-corrected chi connectivity index (χ3v) is 4.58. The highest BCUT2D eigenvalue weighted by molar-refractivity contribution is 5.99.